The van der Waals surface area contributed by atoms with Crippen LogP contribution >= 0.6 is 0 Å². The van der Waals surface area contributed by atoms with Crippen molar-refractivity contribution in [3.05, 3.63) is 41.8 Å². The van der Waals surface area contributed by atoms with Crippen molar-refractivity contribution < 1.29 is 17.5 Å². The smallest absolute Gasteiger partial charge is 0.258 e. The van der Waals surface area contributed by atoms with Crippen molar-refractivity contribution in [2.45, 2.75) is 36.9 Å². The molecule has 8 heteroatoms. The predicted octanol–water partition coefficient (Wildman–Crippen LogP) is 2.14. The molecule has 0 bridgehead atoms. The number of hydrogen-bond donors (Lipinski definition) is 1. The molecule has 2 aromatic rings. The van der Waals surface area contributed by atoms with Crippen LogP contribution in [0.5, 0.6) is 5.75 Å². The minimum Gasteiger partial charge on any atom is -0.487 e. The number of sulfonamides is 1. The number of aromatic nitrogens is 2. The summed E-state index contributed by atoms with van der Waals surface area (Å²) in [5.74, 6) is -0.0614. The van der Waals surface area contributed by atoms with E-state index in [1.54, 1.807) is 13.1 Å². The molecule has 0 saturated carbocycles. The molecule has 3 rings (SSSR count). The maximum absolute atomic E-state index is 13.5. The molecule has 124 valence electrons. The Hall–Kier alpha value is -1.93. The molecule has 2 heterocycles. The lowest BCUT2D eigenvalue weighted by molar-refractivity contribution is 0.0697. The van der Waals surface area contributed by atoms with Crippen molar-refractivity contribution in [1.82, 2.24) is 14.5 Å². The second-order valence-corrected chi connectivity index (χ2v) is 7.88. The molecule has 0 amide bonds. The molecule has 1 aromatic carbocycles. The van der Waals surface area contributed by atoms with Crippen LogP contribution in [0.3, 0.4) is 0 Å². The van der Waals surface area contributed by atoms with Gasteiger partial charge in [0, 0.05) is 25.1 Å². The number of nitrogens with one attached hydrogen (secondary N) is 1. The summed E-state index contributed by atoms with van der Waals surface area (Å²) in [6, 6.07) is 5.05. The Morgan fingerprint density at radius 1 is 1.39 bits per heavy atom. The maximum atomic E-state index is 13.5. The minimum atomic E-state index is -3.75. The Bertz CT molecular complexity index is 845. The van der Waals surface area contributed by atoms with Gasteiger partial charge in [0.05, 0.1) is 12.2 Å². The molecular weight excluding hydrogens is 321 g/mol. The predicted molar refractivity (Wildman–Crippen MR) is 82.0 cm³/mol. The number of fused-ring (bicyclic) bond motifs is 1. The van der Waals surface area contributed by atoms with Crippen LogP contribution in [-0.4, -0.2) is 23.8 Å². The van der Waals surface area contributed by atoms with Crippen LogP contribution in [0.25, 0.3) is 0 Å². The highest BCUT2D eigenvalue weighted by Gasteiger charge is 2.36. The number of benzene rings is 1. The minimum absolute atomic E-state index is 0.0745. The van der Waals surface area contributed by atoms with Gasteiger partial charge in [-0.3, -0.25) is 4.68 Å². The first-order valence-corrected chi connectivity index (χ1v) is 8.65. The summed E-state index contributed by atoms with van der Waals surface area (Å²) in [4.78, 5) is 0. The van der Waals surface area contributed by atoms with E-state index in [1.165, 1.54) is 29.1 Å². The number of hydrogen-bond acceptors (Lipinski definition) is 4. The van der Waals surface area contributed by atoms with Crippen LogP contribution in [0.1, 0.15) is 31.9 Å². The number of nitrogens with zero attached hydrogens (tertiary/aromatic N) is 2. The van der Waals surface area contributed by atoms with Crippen molar-refractivity contribution >= 4 is 10.0 Å². The molecule has 1 N–H and O–H groups in total. The third-order valence-electron chi connectivity index (χ3n) is 3.78. The Morgan fingerprint density at radius 2 is 2.13 bits per heavy atom. The zero-order valence-electron chi connectivity index (χ0n) is 13.1. The second kappa shape index (κ2) is 5.31. The molecule has 0 spiro atoms. The van der Waals surface area contributed by atoms with E-state index in [2.05, 4.69) is 9.82 Å². The molecule has 0 saturated heterocycles. The average Bonchev–Trinajstić information content (AvgIpc) is 2.83. The average molecular weight is 339 g/mol. The van der Waals surface area contributed by atoms with Gasteiger partial charge in [-0.25, -0.2) is 17.5 Å². The van der Waals surface area contributed by atoms with E-state index in [4.69, 9.17) is 4.74 Å². The largest absolute Gasteiger partial charge is 0.487 e. The Labute approximate surface area is 134 Å². The van der Waals surface area contributed by atoms with Gasteiger partial charge in [0.15, 0.2) is 5.03 Å². The summed E-state index contributed by atoms with van der Waals surface area (Å²) < 4.78 is 48.4. The number of halogens is 1. The van der Waals surface area contributed by atoms with Crippen molar-refractivity contribution in [2.24, 2.45) is 7.05 Å². The molecule has 0 fully saturated rings. The molecule has 0 aliphatic carbocycles. The van der Waals surface area contributed by atoms with Gasteiger partial charge in [0.2, 0.25) is 0 Å². The summed E-state index contributed by atoms with van der Waals surface area (Å²) in [6.45, 7) is 3.68. The van der Waals surface area contributed by atoms with Crippen LogP contribution in [0.4, 0.5) is 4.39 Å². The van der Waals surface area contributed by atoms with E-state index in [0.717, 1.165) is 0 Å². The molecule has 1 aromatic heterocycles. The lowest BCUT2D eigenvalue weighted by Gasteiger charge is -2.37. The maximum Gasteiger partial charge on any atom is 0.258 e. The first-order chi connectivity index (χ1) is 10.7. The van der Waals surface area contributed by atoms with E-state index in [-0.39, 0.29) is 5.03 Å². The Balaban J connectivity index is 1.99. The van der Waals surface area contributed by atoms with E-state index >= 15 is 0 Å². The third-order valence-corrected chi connectivity index (χ3v) is 5.33. The summed E-state index contributed by atoms with van der Waals surface area (Å²) in [5.41, 5.74) is 0.0111. The fraction of sp³-hybridized carbons (Fsp3) is 0.400. The molecular formula is C15H18FN3O3S. The fourth-order valence-electron chi connectivity index (χ4n) is 2.80. The van der Waals surface area contributed by atoms with Crippen molar-refractivity contribution in [3.63, 3.8) is 0 Å². The normalized spacial score (nSPS) is 19.9. The quantitative estimate of drug-likeness (QED) is 0.930. The van der Waals surface area contributed by atoms with Gasteiger partial charge in [0.1, 0.15) is 17.2 Å². The Morgan fingerprint density at radius 3 is 2.78 bits per heavy atom. The van der Waals surface area contributed by atoms with Crippen molar-refractivity contribution in [1.29, 1.82) is 0 Å². The second-order valence-electron chi connectivity index (χ2n) is 6.21. The van der Waals surface area contributed by atoms with Gasteiger partial charge in [-0.05, 0) is 26.0 Å². The number of ether oxygens (including phenoxy) is 1. The summed E-state index contributed by atoms with van der Waals surface area (Å²) in [6.07, 6.45) is 1.86. The number of rotatable bonds is 3. The zero-order chi connectivity index (χ0) is 16.8. The summed E-state index contributed by atoms with van der Waals surface area (Å²) in [5, 5.41) is 3.96. The molecule has 1 unspecified atom stereocenters. The summed E-state index contributed by atoms with van der Waals surface area (Å²) in [7, 11) is -2.19. The van der Waals surface area contributed by atoms with Gasteiger partial charge in [0.25, 0.3) is 10.0 Å². The fourth-order valence-corrected chi connectivity index (χ4v) is 4.14. The van der Waals surface area contributed by atoms with Crippen LogP contribution in [-0.2, 0) is 17.1 Å². The molecule has 23 heavy (non-hydrogen) atoms. The van der Waals surface area contributed by atoms with E-state index in [1.807, 2.05) is 13.8 Å². The van der Waals surface area contributed by atoms with Gasteiger partial charge in [-0.1, -0.05) is 6.07 Å². The SMILES string of the molecule is Cn1nccc1S(=O)(=O)NC1CC(C)(C)Oc2cc(F)ccc21. The third kappa shape index (κ3) is 3.09. The topological polar surface area (TPSA) is 73.2 Å². The van der Waals surface area contributed by atoms with Gasteiger partial charge < -0.3 is 4.74 Å². The van der Waals surface area contributed by atoms with Gasteiger partial charge >= 0.3 is 0 Å². The van der Waals surface area contributed by atoms with Crippen LogP contribution in [0.15, 0.2) is 35.5 Å². The highest BCUT2D eigenvalue weighted by molar-refractivity contribution is 7.89. The van der Waals surface area contributed by atoms with E-state index in [0.29, 0.717) is 17.7 Å². The van der Waals surface area contributed by atoms with Gasteiger partial charge in [-0.15, -0.1) is 0 Å². The van der Waals surface area contributed by atoms with Crippen LogP contribution in [0.2, 0.25) is 0 Å². The highest BCUT2D eigenvalue weighted by Crippen LogP contribution is 2.40. The van der Waals surface area contributed by atoms with Crippen molar-refractivity contribution in [3.8, 4) is 5.75 Å². The molecule has 1 atom stereocenters. The standard InChI is InChI=1S/C15H18FN3O3S/c1-15(2)9-12(11-5-4-10(16)8-13(11)22-15)18-23(20,21)14-6-7-17-19(14)3/h4-8,12,18H,9H2,1-3H3. The van der Waals surface area contributed by atoms with Gasteiger partial charge in [-0.2, -0.15) is 5.10 Å². The molecule has 1 aliphatic heterocycles. The van der Waals surface area contributed by atoms with Crippen LogP contribution < -0.4 is 9.46 Å². The summed E-state index contributed by atoms with van der Waals surface area (Å²) >= 11 is 0. The number of aryl methyl sites for hydroxylation is 1. The first-order valence-electron chi connectivity index (χ1n) is 7.17. The lowest BCUT2D eigenvalue weighted by Crippen LogP contribution is -2.41. The molecule has 6 nitrogen and oxygen atoms in total. The van der Waals surface area contributed by atoms with E-state index < -0.39 is 27.5 Å². The molecule has 0 radical (unpaired) electrons. The van der Waals surface area contributed by atoms with E-state index in [9.17, 15) is 12.8 Å². The van der Waals surface area contributed by atoms with Crippen LogP contribution in [0, 0.1) is 5.82 Å². The van der Waals surface area contributed by atoms with Crippen molar-refractivity contribution in [2.75, 3.05) is 0 Å². The first kappa shape index (κ1) is 15.9. The lowest BCUT2D eigenvalue weighted by atomic mass is 9.90. The molecule has 1 aliphatic rings. The highest BCUT2D eigenvalue weighted by atomic mass is 32.2. The monoisotopic (exact) mass is 339 g/mol. The zero-order valence-corrected chi connectivity index (χ0v) is 13.9. The Kier molecular flexibility index (Phi) is 3.68.